The highest BCUT2D eigenvalue weighted by atomic mass is 14.8. The molecule has 0 N–H and O–H groups in total. The smallest absolute Gasteiger partial charge is 0.0784 e. The molecule has 0 bridgehead atoms. The number of aliphatic imine (C=N–C) groups is 1. The third kappa shape index (κ3) is 6.44. The Morgan fingerprint density at radius 3 is 1.33 bits per heavy atom. The molecule has 1 heteroatoms. The molecule has 1 unspecified atom stereocenters. The van der Waals surface area contributed by atoms with Crippen molar-refractivity contribution in [2.24, 2.45) is 4.99 Å². The van der Waals surface area contributed by atoms with E-state index in [1.54, 1.807) is 0 Å². The van der Waals surface area contributed by atoms with Gasteiger partial charge >= 0.3 is 0 Å². The molecule has 0 aliphatic carbocycles. The third-order valence-corrected chi connectivity index (χ3v) is 9.59. The molecule has 234 valence electrons. The van der Waals surface area contributed by atoms with Gasteiger partial charge in [-0.3, -0.25) is 0 Å². The summed E-state index contributed by atoms with van der Waals surface area (Å²) in [5.74, 6) is 0.372. The fourth-order valence-corrected chi connectivity index (χ4v) is 6.86. The van der Waals surface area contributed by atoms with Gasteiger partial charge in [0.25, 0.3) is 0 Å². The predicted octanol–water partition coefficient (Wildman–Crippen LogP) is 12.7. The zero-order valence-corrected chi connectivity index (χ0v) is 27.6. The Kier molecular flexibility index (Phi) is 8.40. The lowest BCUT2D eigenvalue weighted by atomic mass is 9.87. The minimum atomic E-state index is 0.372. The molecule has 1 nitrogen and oxygen atoms in total. The van der Waals surface area contributed by atoms with Gasteiger partial charge in [-0.2, -0.15) is 0 Å². The number of benzene rings is 7. The maximum absolute atomic E-state index is 5.44. The number of rotatable bonds is 6. The standard InChI is InChI=1S/C48H37N/c1-34-22-31-47(39-27-23-37(24-28-39)43-18-10-16-41(32-43)35-12-4-2-5-13-35)49-48(46-21-9-8-20-45(34)46)40-29-25-38(26-30-40)44-19-11-17-42(33-44)36-14-6-3-7-15-36/h2-21,23-34H,22H2,1H3/b47-31+,49-48?. The fraction of sp³-hybridized carbons (Fsp3) is 0.0625. The third-order valence-electron chi connectivity index (χ3n) is 9.59. The van der Waals surface area contributed by atoms with Crippen molar-refractivity contribution in [2.45, 2.75) is 19.3 Å². The first kappa shape index (κ1) is 30.3. The highest BCUT2D eigenvalue weighted by Crippen LogP contribution is 2.34. The normalized spacial score (nSPS) is 15.2. The first-order valence-corrected chi connectivity index (χ1v) is 17.1. The Balaban J connectivity index is 1.14. The topological polar surface area (TPSA) is 12.4 Å². The van der Waals surface area contributed by atoms with Crippen LogP contribution in [-0.4, -0.2) is 5.71 Å². The lowest BCUT2D eigenvalue weighted by Crippen LogP contribution is -2.11. The second-order valence-electron chi connectivity index (χ2n) is 12.8. The number of fused-ring (bicyclic) bond motifs is 1. The monoisotopic (exact) mass is 627 g/mol. The Bertz CT molecular complexity index is 2280. The van der Waals surface area contributed by atoms with E-state index in [9.17, 15) is 0 Å². The molecule has 0 saturated carbocycles. The summed E-state index contributed by atoms with van der Waals surface area (Å²) in [6.45, 7) is 2.32. The van der Waals surface area contributed by atoms with Gasteiger partial charge in [-0.05, 0) is 80.1 Å². The van der Waals surface area contributed by atoms with Crippen LogP contribution in [0.4, 0.5) is 0 Å². The minimum absolute atomic E-state index is 0.372. The molecule has 1 atom stereocenters. The number of hydrogen-bond donors (Lipinski definition) is 0. The van der Waals surface area contributed by atoms with E-state index in [4.69, 9.17) is 4.99 Å². The molecule has 0 amide bonds. The van der Waals surface area contributed by atoms with Crippen molar-refractivity contribution in [3.8, 4) is 44.5 Å². The highest BCUT2D eigenvalue weighted by molar-refractivity contribution is 6.16. The van der Waals surface area contributed by atoms with Gasteiger partial charge in [0.15, 0.2) is 0 Å². The van der Waals surface area contributed by atoms with E-state index < -0.39 is 0 Å². The molecule has 7 aromatic carbocycles. The van der Waals surface area contributed by atoms with Crippen molar-refractivity contribution in [1.29, 1.82) is 0 Å². The van der Waals surface area contributed by atoms with E-state index in [-0.39, 0.29) is 0 Å². The summed E-state index contributed by atoms with van der Waals surface area (Å²) in [6, 6.07) is 65.3. The number of nitrogens with zero attached hydrogens (tertiary/aromatic N) is 1. The second-order valence-corrected chi connectivity index (χ2v) is 12.8. The molecule has 1 aliphatic rings. The molecular weight excluding hydrogens is 591 g/mol. The van der Waals surface area contributed by atoms with Crippen LogP contribution < -0.4 is 0 Å². The maximum atomic E-state index is 5.44. The second kappa shape index (κ2) is 13.6. The zero-order chi connectivity index (χ0) is 33.0. The fourth-order valence-electron chi connectivity index (χ4n) is 6.86. The van der Waals surface area contributed by atoms with Gasteiger partial charge in [-0.1, -0.05) is 183 Å². The summed E-state index contributed by atoms with van der Waals surface area (Å²) in [7, 11) is 0. The van der Waals surface area contributed by atoms with Crippen LogP contribution in [-0.2, 0) is 0 Å². The van der Waals surface area contributed by atoms with Crippen molar-refractivity contribution >= 4 is 11.4 Å². The van der Waals surface area contributed by atoms with Crippen LogP contribution in [0.5, 0.6) is 0 Å². The molecule has 1 heterocycles. The molecule has 8 rings (SSSR count). The first-order valence-electron chi connectivity index (χ1n) is 17.1. The van der Waals surface area contributed by atoms with Crippen molar-refractivity contribution in [3.63, 3.8) is 0 Å². The van der Waals surface area contributed by atoms with E-state index in [2.05, 4.69) is 195 Å². The Labute approximate surface area is 289 Å². The maximum Gasteiger partial charge on any atom is 0.0784 e. The number of allylic oxidation sites excluding steroid dienone is 1. The van der Waals surface area contributed by atoms with Crippen LogP contribution in [0.25, 0.3) is 50.2 Å². The molecule has 0 fully saturated rings. The van der Waals surface area contributed by atoms with Gasteiger partial charge < -0.3 is 0 Å². The van der Waals surface area contributed by atoms with Crippen LogP contribution in [0.2, 0.25) is 0 Å². The largest absolute Gasteiger partial charge is 0.247 e. The van der Waals surface area contributed by atoms with E-state index >= 15 is 0 Å². The summed E-state index contributed by atoms with van der Waals surface area (Å²) >= 11 is 0. The van der Waals surface area contributed by atoms with E-state index in [0.717, 1.165) is 29.0 Å². The van der Waals surface area contributed by atoms with Crippen LogP contribution in [0, 0.1) is 0 Å². The van der Waals surface area contributed by atoms with Crippen molar-refractivity contribution < 1.29 is 0 Å². The van der Waals surface area contributed by atoms with Gasteiger partial charge in [0.05, 0.1) is 11.4 Å². The van der Waals surface area contributed by atoms with E-state index in [0.29, 0.717) is 5.92 Å². The molecule has 0 spiro atoms. The van der Waals surface area contributed by atoms with E-state index in [1.807, 2.05) is 0 Å². The SMILES string of the molecule is CC1C/C=C(\c2ccc(-c3cccc(-c4ccccc4)c3)cc2)N=C(c2ccc(-c3cccc(-c4ccccc4)c3)cc2)c2ccccc21. The summed E-state index contributed by atoms with van der Waals surface area (Å²) in [6.07, 6.45) is 3.25. The van der Waals surface area contributed by atoms with Crippen LogP contribution >= 0.6 is 0 Å². The molecule has 1 aliphatic heterocycles. The summed E-state index contributed by atoms with van der Waals surface area (Å²) in [5.41, 5.74) is 16.5. The molecular formula is C48H37N. The minimum Gasteiger partial charge on any atom is -0.247 e. The number of hydrogen-bond acceptors (Lipinski definition) is 1. The Morgan fingerprint density at radius 2 is 0.796 bits per heavy atom. The first-order chi connectivity index (χ1) is 24.2. The quantitative estimate of drug-likeness (QED) is 0.174. The van der Waals surface area contributed by atoms with Gasteiger partial charge in [0.1, 0.15) is 0 Å². The molecule has 0 aromatic heterocycles. The van der Waals surface area contributed by atoms with Gasteiger partial charge in [-0.15, -0.1) is 0 Å². The van der Waals surface area contributed by atoms with Gasteiger partial charge in [-0.25, -0.2) is 4.99 Å². The zero-order valence-electron chi connectivity index (χ0n) is 27.6. The average Bonchev–Trinajstić information content (AvgIpc) is 3.18. The molecule has 7 aromatic rings. The lowest BCUT2D eigenvalue weighted by Gasteiger charge is -2.21. The van der Waals surface area contributed by atoms with Crippen molar-refractivity contribution in [1.82, 2.24) is 0 Å². The summed E-state index contributed by atoms with van der Waals surface area (Å²) < 4.78 is 0. The van der Waals surface area contributed by atoms with Gasteiger partial charge in [0.2, 0.25) is 0 Å². The highest BCUT2D eigenvalue weighted by Gasteiger charge is 2.19. The van der Waals surface area contributed by atoms with Crippen LogP contribution in [0.3, 0.4) is 0 Å². The van der Waals surface area contributed by atoms with Gasteiger partial charge in [0, 0.05) is 11.1 Å². The molecule has 0 saturated heterocycles. The average molecular weight is 628 g/mol. The Morgan fingerprint density at radius 1 is 0.388 bits per heavy atom. The predicted molar refractivity (Wildman–Crippen MR) is 208 cm³/mol. The van der Waals surface area contributed by atoms with Crippen LogP contribution in [0.15, 0.2) is 193 Å². The molecule has 0 radical (unpaired) electrons. The molecule has 49 heavy (non-hydrogen) atoms. The van der Waals surface area contributed by atoms with Crippen LogP contribution in [0.1, 0.15) is 41.5 Å². The van der Waals surface area contributed by atoms with Crippen molar-refractivity contribution in [3.05, 3.63) is 210 Å². The summed E-state index contributed by atoms with van der Waals surface area (Å²) in [5, 5.41) is 0. The Hall–Kier alpha value is -6.05. The van der Waals surface area contributed by atoms with Crippen molar-refractivity contribution in [2.75, 3.05) is 0 Å². The summed E-state index contributed by atoms with van der Waals surface area (Å²) in [4.78, 5) is 5.44. The lowest BCUT2D eigenvalue weighted by molar-refractivity contribution is 0.777. The van der Waals surface area contributed by atoms with E-state index in [1.165, 1.54) is 55.6 Å².